The van der Waals surface area contributed by atoms with E-state index in [9.17, 15) is 9.00 Å². The minimum atomic E-state index is -1.94. The molecule has 0 aromatic rings. The summed E-state index contributed by atoms with van der Waals surface area (Å²) in [6, 6.07) is 0. The average molecular weight is 250 g/mol. The van der Waals surface area contributed by atoms with Crippen molar-refractivity contribution in [3.05, 3.63) is 0 Å². The molecule has 1 fully saturated rings. The molecule has 7 heteroatoms. The molecule has 1 amide bonds. The van der Waals surface area contributed by atoms with Gasteiger partial charge in [0.25, 0.3) is 0 Å². The third-order valence-electron chi connectivity index (χ3n) is 2.11. The van der Waals surface area contributed by atoms with E-state index in [0.29, 0.717) is 26.2 Å². The van der Waals surface area contributed by atoms with Crippen LogP contribution in [0.4, 0.5) is 4.79 Å². The summed E-state index contributed by atoms with van der Waals surface area (Å²) in [5, 5.41) is 0. The lowest BCUT2D eigenvalue weighted by Gasteiger charge is -2.33. The Hall–Kier alpha value is -0.660. The molecule has 1 aliphatic rings. The van der Waals surface area contributed by atoms with E-state index in [1.165, 1.54) is 4.31 Å². The van der Waals surface area contributed by atoms with Crippen LogP contribution in [0, 0.1) is 0 Å². The molecule has 16 heavy (non-hydrogen) atoms. The van der Waals surface area contributed by atoms with Crippen molar-refractivity contribution in [3.8, 4) is 0 Å². The van der Waals surface area contributed by atoms with Crippen LogP contribution in [0.3, 0.4) is 0 Å². The van der Waals surface area contributed by atoms with Gasteiger partial charge in [0, 0.05) is 26.2 Å². The number of amides is 1. The van der Waals surface area contributed by atoms with Gasteiger partial charge in [0.2, 0.25) is 11.3 Å². The number of carbonyl (C=O) groups excluding carboxylic acids is 1. The van der Waals surface area contributed by atoms with Gasteiger partial charge in [0.05, 0.1) is 0 Å². The largest absolute Gasteiger partial charge is 0.444 e. The van der Waals surface area contributed by atoms with Gasteiger partial charge in [-0.05, 0) is 20.8 Å². The molecule has 0 aromatic heterocycles. The van der Waals surface area contributed by atoms with Gasteiger partial charge in [-0.15, -0.1) is 0 Å². The highest BCUT2D eigenvalue weighted by Crippen LogP contribution is 2.12. The normalized spacial score (nSPS) is 20.6. The van der Waals surface area contributed by atoms with Crippen molar-refractivity contribution >= 4 is 17.4 Å². The number of carbonyl (C=O) groups is 1. The van der Waals surface area contributed by atoms with E-state index >= 15 is 0 Å². The van der Waals surface area contributed by atoms with Gasteiger partial charge in [-0.1, -0.05) is 0 Å². The Labute approximate surface area is 98.0 Å². The third-order valence-corrected chi connectivity index (χ3v) is 2.92. The molecule has 1 heterocycles. The highest BCUT2D eigenvalue weighted by Gasteiger charge is 2.27. The zero-order valence-electron chi connectivity index (χ0n) is 9.80. The van der Waals surface area contributed by atoms with E-state index < -0.39 is 16.9 Å². The fourth-order valence-electron chi connectivity index (χ4n) is 1.35. The third kappa shape index (κ3) is 4.07. The van der Waals surface area contributed by atoms with Gasteiger partial charge >= 0.3 is 6.09 Å². The predicted molar refractivity (Wildman–Crippen MR) is 60.2 cm³/mol. The van der Waals surface area contributed by atoms with Crippen LogP contribution in [-0.4, -0.2) is 55.8 Å². The quantitative estimate of drug-likeness (QED) is 0.695. The molecule has 0 aliphatic carbocycles. The smallest absolute Gasteiger partial charge is 0.410 e. The highest BCUT2D eigenvalue weighted by atomic mass is 32.2. The van der Waals surface area contributed by atoms with Crippen LogP contribution in [0.1, 0.15) is 20.8 Å². The van der Waals surface area contributed by atoms with Crippen molar-refractivity contribution in [1.82, 2.24) is 9.21 Å². The van der Waals surface area contributed by atoms with Crippen molar-refractivity contribution in [3.63, 3.8) is 0 Å². The molecular weight excluding hydrogens is 232 g/mol. The van der Waals surface area contributed by atoms with Crippen LogP contribution in [0.2, 0.25) is 0 Å². The van der Waals surface area contributed by atoms with Crippen molar-refractivity contribution in [2.45, 2.75) is 26.4 Å². The van der Waals surface area contributed by atoms with Crippen molar-refractivity contribution < 1.29 is 18.3 Å². The van der Waals surface area contributed by atoms with E-state index in [1.54, 1.807) is 4.90 Å². The second-order valence-corrected chi connectivity index (χ2v) is 5.60. The summed E-state index contributed by atoms with van der Waals surface area (Å²) >= 11 is -1.94. The molecule has 0 saturated carbocycles. The molecule has 6 nitrogen and oxygen atoms in total. The summed E-state index contributed by atoms with van der Waals surface area (Å²) in [6.07, 6.45) is -0.365. The first-order valence-electron chi connectivity index (χ1n) is 5.13. The molecule has 1 atom stereocenters. The van der Waals surface area contributed by atoms with Gasteiger partial charge in [0.1, 0.15) is 5.60 Å². The Morgan fingerprint density at radius 2 is 1.75 bits per heavy atom. The molecular formula is C9H18N2O4S. The Morgan fingerprint density at radius 3 is 2.12 bits per heavy atom. The summed E-state index contributed by atoms with van der Waals surface area (Å²) < 4.78 is 26.2. The Kier molecular flexibility index (Phi) is 4.28. The number of hydrogen-bond donors (Lipinski definition) is 1. The lowest BCUT2D eigenvalue weighted by molar-refractivity contribution is 0.0192. The second-order valence-electron chi connectivity index (χ2n) is 4.63. The van der Waals surface area contributed by atoms with Crippen LogP contribution < -0.4 is 0 Å². The van der Waals surface area contributed by atoms with Crippen LogP contribution in [0.15, 0.2) is 0 Å². The van der Waals surface area contributed by atoms with Gasteiger partial charge in [-0.2, -0.15) is 4.31 Å². The maximum atomic E-state index is 11.6. The lowest BCUT2D eigenvalue weighted by atomic mass is 10.2. The van der Waals surface area contributed by atoms with Gasteiger partial charge in [-0.25, -0.2) is 9.00 Å². The van der Waals surface area contributed by atoms with Crippen LogP contribution in [-0.2, 0) is 16.0 Å². The van der Waals surface area contributed by atoms with E-state index in [2.05, 4.69) is 0 Å². The summed E-state index contributed by atoms with van der Waals surface area (Å²) in [4.78, 5) is 13.2. The first kappa shape index (κ1) is 13.4. The van der Waals surface area contributed by atoms with Gasteiger partial charge in [0.15, 0.2) is 0 Å². The molecule has 0 radical (unpaired) electrons. The first-order chi connectivity index (χ1) is 7.29. The zero-order valence-corrected chi connectivity index (χ0v) is 10.6. The van der Waals surface area contributed by atoms with Crippen molar-refractivity contribution in [1.29, 1.82) is 0 Å². The Morgan fingerprint density at radius 1 is 1.25 bits per heavy atom. The van der Waals surface area contributed by atoms with Crippen LogP contribution in [0.25, 0.3) is 0 Å². The molecule has 0 spiro atoms. The number of nitrogens with zero attached hydrogens (tertiary/aromatic N) is 2. The average Bonchev–Trinajstić information content (AvgIpc) is 2.15. The van der Waals surface area contributed by atoms with Crippen molar-refractivity contribution in [2.75, 3.05) is 26.2 Å². The van der Waals surface area contributed by atoms with Crippen molar-refractivity contribution in [2.24, 2.45) is 0 Å². The number of ether oxygens (including phenoxy) is 1. The van der Waals surface area contributed by atoms with Crippen LogP contribution in [0.5, 0.6) is 0 Å². The molecule has 1 aliphatic heterocycles. The van der Waals surface area contributed by atoms with Gasteiger partial charge in [-0.3, -0.25) is 4.55 Å². The number of rotatable bonds is 1. The molecule has 1 saturated heterocycles. The minimum Gasteiger partial charge on any atom is -0.444 e. The number of piperazine rings is 1. The van der Waals surface area contributed by atoms with Gasteiger partial charge < -0.3 is 9.64 Å². The van der Waals surface area contributed by atoms with E-state index in [4.69, 9.17) is 9.29 Å². The summed E-state index contributed by atoms with van der Waals surface area (Å²) in [5.74, 6) is 0. The Balaban J connectivity index is 2.42. The number of hydrogen-bond acceptors (Lipinski definition) is 3. The maximum absolute atomic E-state index is 11.6. The summed E-state index contributed by atoms with van der Waals surface area (Å²) in [7, 11) is 0. The molecule has 1 unspecified atom stereocenters. The standard InChI is InChI=1S/C9H18N2O4S/c1-9(2,3)15-8(12)10-4-6-11(7-5-10)16(13)14/h4-7H2,1-3H3,(H,13,14). The Bertz CT molecular complexity index is 282. The molecule has 1 N–H and O–H groups in total. The maximum Gasteiger partial charge on any atom is 0.410 e. The molecule has 0 aromatic carbocycles. The predicted octanol–water partition coefficient (Wildman–Crippen LogP) is 0.676. The monoisotopic (exact) mass is 250 g/mol. The lowest BCUT2D eigenvalue weighted by Crippen LogP contribution is -2.50. The molecule has 1 rings (SSSR count). The SMILES string of the molecule is CC(C)(C)OC(=O)N1CCN(S(=O)O)CC1. The second kappa shape index (κ2) is 5.11. The molecule has 0 bridgehead atoms. The summed E-state index contributed by atoms with van der Waals surface area (Å²) in [6.45, 7) is 7.05. The van der Waals surface area contributed by atoms with Crippen LogP contribution >= 0.6 is 0 Å². The molecule has 94 valence electrons. The van der Waals surface area contributed by atoms with E-state index in [1.807, 2.05) is 20.8 Å². The highest BCUT2D eigenvalue weighted by molar-refractivity contribution is 7.76. The fourth-order valence-corrected chi connectivity index (χ4v) is 1.83. The van der Waals surface area contributed by atoms with E-state index in [0.717, 1.165) is 0 Å². The summed E-state index contributed by atoms with van der Waals surface area (Å²) in [5.41, 5.74) is -0.506. The first-order valence-corrected chi connectivity index (χ1v) is 6.20. The zero-order chi connectivity index (χ0) is 12.3. The van der Waals surface area contributed by atoms with E-state index in [-0.39, 0.29) is 6.09 Å². The minimum absolute atomic E-state index is 0.365. The fraction of sp³-hybridized carbons (Fsp3) is 0.889. The topological polar surface area (TPSA) is 70.1 Å².